The minimum atomic E-state index is 0.591. The average Bonchev–Trinajstić information content (AvgIpc) is 2.39. The van der Waals surface area contributed by atoms with Crippen molar-refractivity contribution in [3.8, 4) is 0 Å². The zero-order valence-electron chi connectivity index (χ0n) is 12.9. The summed E-state index contributed by atoms with van der Waals surface area (Å²) in [4.78, 5) is 2.72. The highest BCUT2D eigenvalue weighted by Gasteiger charge is 2.28. The van der Waals surface area contributed by atoms with Crippen LogP contribution in [0.25, 0.3) is 0 Å². The van der Waals surface area contributed by atoms with Crippen LogP contribution in [0.5, 0.6) is 0 Å². The van der Waals surface area contributed by atoms with Crippen molar-refractivity contribution < 1.29 is 0 Å². The van der Waals surface area contributed by atoms with Gasteiger partial charge in [0, 0.05) is 30.9 Å². The van der Waals surface area contributed by atoms with Crippen molar-refractivity contribution in [2.24, 2.45) is 0 Å². The first-order valence-electron chi connectivity index (χ1n) is 8.33. The lowest BCUT2D eigenvalue weighted by molar-refractivity contribution is 0.101. The van der Waals surface area contributed by atoms with Gasteiger partial charge in [0.15, 0.2) is 0 Å². The van der Waals surface area contributed by atoms with Crippen LogP contribution in [0.15, 0.2) is 24.3 Å². The maximum absolute atomic E-state index is 3.80. The lowest BCUT2D eigenvalue weighted by atomic mass is 9.89. The molecule has 1 aromatic carbocycles. The molecule has 1 saturated carbocycles. The SMILES string of the molecule is CC(C)c1ccccc1NC1CCN(C2CCC2)CC1. The van der Waals surface area contributed by atoms with Gasteiger partial charge in [-0.15, -0.1) is 0 Å². The van der Waals surface area contributed by atoms with Crippen molar-refractivity contribution in [2.45, 2.75) is 64.0 Å². The molecular formula is C18H28N2. The van der Waals surface area contributed by atoms with Gasteiger partial charge in [-0.05, 0) is 43.2 Å². The molecule has 1 heterocycles. The highest BCUT2D eigenvalue weighted by atomic mass is 15.2. The summed E-state index contributed by atoms with van der Waals surface area (Å²) < 4.78 is 0. The van der Waals surface area contributed by atoms with Gasteiger partial charge in [-0.1, -0.05) is 38.5 Å². The van der Waals surface area contributed by atoms with Crippen molar-refractivity contribution >= 4 is 5.69 Å². The number of nitrogens with zero attached hydrogens (tertiary/aromatic N) is 1. The van der Waals surface area contributed by atoms with Gasteiger partial charge >= 0.3 is 0 Å². The molecule has 110 valence electrons. The fourth-order valence-electron chi connectivity index (χ4n) is 3.51. The van der Waals surface area contributed by atoms with E-state index in [0.717, 1.165) is 6.04 Å². The Kier molecular flexibility index (Phi) is 4.30. The highest BCUT2D eigenvalue weighted by Crippen LogP contribution is 2.29. The smallest absolute Gasteiger partial charge is 0.0377 e. The Balaban J connectivity index is 1.56. The number of benzene rings is 1. The van der Waals surface area contributed by atoms with E-state index in [1.165, 1.54) is 56.4 Å². The number of nitrogens with one attached hydrogen (secondary N) is 1. The molecule has 1 aromatic rings. The zero-order chi connectivity index (χ0) is 13.9. The van der Waals surface area contributed by atoms with E-state index in [4.69, 9.17) is 0 Å². The van der Waals surface area contributed by atoms with E-state index < -0.39 is 0 Å². The van der Waals surface area contributed by atoms with Crippen molar-refractivity contribution in [1.82, 2.24) is 4.90 Å². The lowest BCUT2D eigenvalue weighted by Gasteiger charge is -2.42. The van der Waals surface area contributed by atoms with Crippen LogP contribution in [0, 0.1) is 0 Å². The van der Waals surface area contributed by atoms with Crippen LogP contribution < -0.4 is 5.32 Å². The minimum absolute atomic E-state index is 0.591. The molecule has 1 aliphatic carbocycles. The summed E-state index contributed by atoms with van der Waals surface area (Å²) in [5.74, 6) is 0.591. The third kappa shape index (κ3) is 3.01. The van der Waals surface area contributed by atoms with Crippen molar-refractivity contribution in [3.63, 3.8) is 0 Å². The van der Waals surface area contributed by atoms with Gasteiger partial charge in [-0.3, -0.25) is 0 Å². The van der Waals surface area contributed by atoms with Crippen molar-refractivity contribution in [1.29, 1.82) is 0 Å². The summed E-state index contributed by atoms with van der Waals surface area (Å²) >= 11 is 0. The first-order chi connectivity index (χ1) is 9.74. The van der Waals surface area contributed by atoms with E-state index >= 15 is 0 Å². The van der Waals surface area contributed by atoms with Crippen LogP contribution in [0.4, 0.5) is 5.69 Å². The van der Waals surface area contributed by atoms with E-state index in [1.54, 1.807) is 0 Å². The number of piperidine rings is 1. The second kappa shape index (κ2) is 6.17. The number of rotatable bonds is 4. The molecular weight excluding hydrogens is 244 g/mol. The molecule has 2 nitrogen and oxygen atoms in total. The third-order valence-electron chi connectivity index (χ3n) is 5.06. The number of hydrogen-bond donors (Lipinski definition) is 1. The maximum Gasteiger partial charge on any atom is 0.0377 e. The normalized spacial score (nSPS) is 21.9. The van der Waals surface area contributed by atoms with E-state index in [0.29, 0.717) is 12.0 Å². The fourth-order valence-corrected chi connectivity index (χ4v) is 3.51. The Morgan fingerprint density at radius 1 is 1.05 bits per heavy atom. The summed E-state index contributed by atoms with van der Waals surface area (Å²) in [6.45, 7) is 7.12. The predicted molar refractivity (Wildman–Crippen MR) is 86.4 cm³/mol. The minimum Gasteiger partial charge on any atom is -0.382 e. The zero-order valence-corrected chi connectivity index (χ0v) is 12.9. The molecule has 3 rings (SSSR count). The fraction of sp³-hybridized carbons (Fsp3) is 0.667. The summed E-state index contributed by atoms with van der Waals surface area (Å²) in [7, 11) is 0. The summed E-state index contributed by atoms with van der Waals surface area (Å²) in [5.41, 5.74) is 2.80. The number of hydrogen-bond acceptors (Lipinski definition) is 2. The molecule has 2 aliphatic rings. The third-order valence-corrected chi connectivity index (χ3v) is 5.06. The highest BCUT2D eigenvalue weighted by molar-refractivity contribution is 5.53. The van der Waals surface area contributed by atoms with Crippen LogP contribution in [0.3, 0.4) is 0 Å². The largest absolute Gasteiger partial charge is 0.382 e. The van der Waals surface area contributed by atoms with Gasteiger partial charge in [0.25, 0.3) is 0 Å². The van der Waals surface area contributed by atoms with Gasteiger partial charge in [-0.2, -0.15) is 0 Å². The molecule has 20 heavy (non-hydrogen) atoms. The second-order valence-electron chi connectivity index (χ2n) is 6.78. The Morgan fingerprint density at radius 3 is 2.35 bits per heavy atom. The van der Waals surface area contributed by atoms with E-state index in [9.17, 15) is 0 Å². The summed E-state index contributed by atoms with van der Waals surface area (Å²) in [6.07, 6.45) is 6.92. The second-order valence-corrected chi connectivity index (χ2v) is 6.78. The molecule has 0 unspecified atom stereocenters. The molecule has 1 aliphatic heterocycles. The first-order valence-corrected chi connectivity index (χ1v) is 8.33. The summed E-state index contributed by atoms with van der Waals surface area (Å²) in [5, 5.41) is 3.80. The Morgan fingerprint density at radius 2 is 1.75 bits per heavy atom. The molecule has 0 bridgehead atoms. The van der Waals surface area contributed by atoms with Gasteiger partial charge in [0.05, 0.1) is 0 Å². The topological polar surface area (TPSA) is 15.3 Å². The van der Waals surface area contributed by atoms with Gasteiger partial charge in [0.2, 0.25) is 0 Å². The van der Waals surface area contributed by atoms with E-state index in [1.807, 2.05) is 0 Å². The molecule has 0 spiro atoms. The molecule has 2 heteroatoms. The molecule has 0 radical (unpaired) electrons. The molecule has 2 fully saturated rings. The van der Waals surface area contributed by atoms with Gasteiger partial charge < -0.3 is 10.2 Å². The maximum atomic E-state index is 3.80. The Hall–Kier alpha value is -1.02. The van der Waals surface area contributed by atoms with E-state index in [2.05, 4.69) is 48.3 Å². The lowest BCUT2D eigenvalue weighted by Crippen LogP contribution is -2.47. The predicted octanol–water partition coefficient (Wildman–Crippen LogP) is 4.24. The van der Waals surface area contributed by atoms with Crippen LogP contribution in [-0.4, -0.2) is 30.1 Å². The van der Waals surface area contributed by atoms with Gasteiger partial charge in [-0.25, -0.2) is 0 Å². The van der Waals surface area contributed by atoms with Crippen molar-refractivity contribution in [2.75, 3.05) is 18.4 Å². The van der Waals surface area contributed by atoms with Crippen LogP contribution in [-0.2, 0) is 0 Å². The number of anilines is 1. The molecule has 1 saturated heterocycles. The van der Waals surface area contributed by atoms with Crippen LogP contribution >= 0.6 is 0 Å². The Bertz CT molecular complexity index is 429. The summed E-state index contributed by atoms with van der Waals surface area (Å²) in [6, 6.07) is 10.4. The average molecular weight is 272 g/mol. The van der Waals surface area contributed by atoms with Crippen molar-refractivity contribution in [3.05, 3.63) is 29.8 Å². The number of para-hydroxylation sites is 1. The quantitative estimate of drug-likeness (QED) is 0.882. The molecule has 1 N–H and O–H groups in total. The molecule has 0 aromatic heterocycles. The standard InChI is InChI=1S/C18H28N2/c1-14(2)17-8-3-4-9-18(17)19-15-10-12-20(13-11-15)16-6-5-7-16/h3-4,8-9,14-16,19H,5-7,10-13H2,1-2H3. The first kappa shape index (κ1) is 13.9. The van der Waals surface area contributed by atoms with E-state index in [-0.39, 0.29) is 0 Å². The number of likely N-dealkylation sites (tertiary alicyclic amines) is 1. The van der Waals surface area contributed by atoms with Gasteiger partial charge in [0.1, 0.15) is 0 Å². The van der Waals surface area contributed by atoms with Crippen LogP contribution in [0.2, 0.25) is 0 Å². The molecule has 0 atom stereocenters. The monoisotopic (exact) mass is 272 g/mol. The molecule has 0 amide bonds. The Labute approximate surface area is 123 Å². The van der Waals surface area contributed by atoms with Crippen LogP contribution in [0.1, 0.15) is 57.4 Å².